The van der Waals surface area contributed by atoms with Crippen LogP contribution in [0, 0.1) is 5.82 Å². The lowest BCUT2D eigenvalue weighted by Gasteiger charge is -2.19. The normalized spacial score (nSPS) is 25.1. The summed E-state index contributed by atoms with van der Waals surface area (Å²) in [6, 6.07) is 3.66. The highest BCUT2D eigenvalue weighted by Gasteiger charge is 2.43. The number of hydrogen-bond acceptors (Lipinski definition) is 3. The molecule has 0 aromatic heterocycles. The highest BCUT2D eigenvalue weighted by atomic mass is 32.2. The predicted octanol–water partition coefficient (Wildman–Crippen LogP) is 2.43. The highest BCUT2D eigenvalue weighted by Crippen LogP contribution is 2.40. The van der Waals surface area contributed by atoms with Gasteiger partial charge in [-0.05, 0) is 43.1 Å². The topological polar surface area (TPSA) is 46.2 Å². The van der Waals surface area contributed by atoms with E-state index in [0.29, 0.717) is 12.0 Å². The van der Waals surface area contributed by atoms with Crippen LogP contribution in [0.1, 0.15) is 38.3 Å². The molecular formula is C13H18FNO2S. The number of halogens is 1. The van der Waals surface area contributed by atoms with Gasteiger partial charge >= 0.3 is 0 Å². The molecule has 1 aliphatic heterocycles. The van der Waals surface area contributed by atoms with Crippen LogP contribution in [0.4, 0.5) is 4.39 Å². The largest absolute Gasteiger partial charge is 0.309 e. The van der Waals surface area contributed by atoms with Crippen LogP contribution < -0.4 is 5.32 Å². The first-order chi connectivity index (χ1) is 8.52. The molecule has 18 heavy (non-hydrogen) atoms. The van der Waals surface area contributed by atoms with E-state index in [0.717, 1.165) is 13.0 Å². The molecule has 0 fully saturated rings. The summed E-state index contributed by atoms with van der Waals surface area (Å²) in [4.78, 5) is 0.282. The Morgan fingerprint density at radius 2 is 2.06 bits per heavy atom. The second-order valence-corrected chi connectivity index (χ2v) is 6.74. The van der Waals surface area contributed by atoms with E-state index in [4.69, 9.17) is 0 Å². The second kappa shape index (κ2) is 4.97. The van der Waals surface area contributed by atoms with Crippen LogP contribution in [0.15, 0.2) is 23.1 Å². The molecule has 0 bridgehead atoms. The molecule has 0 aliphatic carbocycles. The minimum atomic E-state index is -3.32. The fourth-order valence-corrected chi connectivity index (χ4v) is 4.70. The van der Waals surface area contributed by atoms with Gasteiger partial charge in [0, 0.05) is 0 Å². The summed E-state index contributed by atoms with van der Waals surface area (Å²) >= 11 is 0. The fraction of sp³-hybridized carbons (Fsp3) is 0.538. The standard InChI is InChI=1S/C13H18FNO2S/c1-3-7-15-13-10-8-9(14)5-6-12(10)18(16,17)11(13)4-2/h5-6,8,11,13,15H,3-4,7H2,1-2H3. The van der Waals surface area contributed by atoms with E-state index >= 15 is 0 Å². The molecule has 2 rings (SSSR count). The van der Waals surface area contributed by atoms with Crippen LogP contribution in [0.3, 0.4) is 0 Å². The van der Waals surface area contributed by atoms with Crippen molar-refractivity contribution in [1.82, 2.24) is 5.32 Å². The number of nitrogens with one attached hydrogen (secondary N) is 1. The molecule has 0 saturated carbocycles. The van der Waals surface area contributed by atoms with Gasteiger partial charge in [-0.25, -0.2) is 12.8 Å². The third kappa shape index (κ3) is 2.06. The van der Waals surface area contributed by atoms with Crippen LogP contribution in [-0.4, -0.2) is 20.2 Å². The first kappa shape index (κ1) is 13.5. The lowest BCUT2D eigenvalue weighted by molar-refractivity contribution is 0.490. The van der Waals surface area contributed by atoms with Crippen molar-refractivity contribution in [2.75, 3.05) is 6.54 Å². The molecule has 1 aromatic carbocycles. The van der Waals surface area contributed by atoms with E-state index in [1.165, 1.54) is 18.2 Å². The minimum Gasteiger partial charge on any atom is -0.309 e. The van der Waals surface area contributed by atoms with Crippen LogP contribution in [0.5, 0.6) is 0 Å². The van der Waals surface area contributed by atoms with E-state index in [-0.39, 0.29) is 16.8 Å². The van der Waals surface area contributed by atoms with Crippen molar-refractivity contribution in [1.29, 1.82) is 0 Å². The molecule has 1 N–H and O–H groups in total. The molecule has 1 aromatic rings. The van der Waals surface area contributed by atoms with Crippen molar-refractivity contribution in [3.63, 3.8) is 0 Å². The average Bonchev–Trinajstić information content (AvgIpc) is 2.53. The molecular weight excluding hydrogens is 253 g/mol. The Morgan fingerprint density at radius 3 is 2.67 bits per heavy atom. The van der Waals surface area contributed by atoms with Gasteiger partial charge < -0.3 is 5.32 Å². The van der Waals surface area contributed by atoms with Crippen molar-refractivity contribution in [3.8, 4) is 0 Å². The van der Waals surface area contributed by atoms with Gasteiger partial charge in [0.05, 0.1) is 16.2 Å². The van der Waals surface area contributed by atoms with E-state index in [1.807, 2.05) is 13.8 Å². The number of fused-ring (bicyclic) bond motifs is 1. The third-order valence-corrected chi connectivity index (χ3v) is 5.79. The van der Waals surface area contributed by atoms with Crippen LogP contribution in [0.25, 0.3) is 0 Å². The zero-order valence-corrected chi connectivity index (χ0v) is 11.4. The Morgan fingerprint density at radius 1 is 1.33 bits per heavy atom. The highest BCUT2D eigenvalue weighted by molar-refractivity contribution is 7.92. The molecule has 1 aliphatic rings. The number of rotatable bonds is 4. The van der Waals surface area contributed by atoms with Gasteiger partial charge in [0.25, 0.3) is 0 Å². The molecule has 100 valence electrons. The first-order valence-corrected chi connectivity index (χ1v) is 7.83. The Balaban J connectivity index is 2.50. The fourth-order valence-electron chi connectivity index (χ4n) is 2.56. The summed E-state index contributed by atoms with van der Waals surface area (Å²) in [6.07, 6.45) is 1.44. The van der Waals surface area contributed by atoms with Gasteiger partial charge in [-0.1, -0.05) is 13.8 Å². The minimum absolute atomic E-state index is 0.282. The number of sulfone groups is 1. The Labute approximate surface area is 107 Å². The third-order valence-electron chi connectivity index (χ3n) is 3.40. The van der Waals surface area contributed by atoms with Crippen LogP contribution in [0.2, 0.25) is 0 Å². The SMILES string of the molecule is CCCNC1c2cc(F)ccc2S(=O)(=O)C1CC. The monoisotopic (exact) mass is 271 g/mol. The maximum Gasteiger partial charge on any atom is 0.183 e. The maximum absolute atomic E-state index is 13.3. The molecule has 5 heteroatoms. The molecule has 2 unspecified atom stereocenters. The number of hydrogen-bond donors (Lipinski definition) is 1. The molecule has 1 heterocycles. The van der Waals surface area contributed by atoms with E-state index in [9.17, 15) is 12.8 Å². The molecule has 2 atom stereocenters. The summed E-state index contributed by atoms with van der Waals surface area (Å²) in [5.41, 5.74) is 0.579. The number of benzene rings is 1. The van der Waals surface area contributed by atoms with Crippen LogP contribution in [-0.2, 0) is 9.84 Å². The molecule has 3 nitrogen and oxygen atoms in total. The van der Waals surface area contributed by atoms with Crippen molar-refractivity contribution < 1.29 is 12.8 Å². The lowest BCUT2D eigenvalue weighted by Crippen LogP contribution is -2.31. The van der Waals surface area contributed by atoms with Crippen molar-refractivity contribution in [2.45, 2.75) is 42.9 Å². The van der Waals surface area contributed by atoms with E-state index in [1.54, 1.807) is 0 Å². The second-order valence-electron chi connectivity index (χ2n) is 4.61. The molecule has 0 spiro atoms. The Bertz CT molecular complexity index is 542. The Hall–Kier alpha value is -0.940. The van der Waals surface area contributed by atoms with Gasteiger partial charge in [0.1, 0.15) is 5.82 Å². The van der Waals surface area contributed by atoms with E-state index < -0.39 is 15.1 Å². The van der Waals surface area contributed by atoms with Crippen LogP contribution >= 0.6 is 0 Å². The molecule has 0 amide bonds. The first-order valence-electron chi connectivity index (χ1n) is 6.29. The molecule has 0 radical (unpaired) electrons. The smallest absolute Gasteiger partial charge is 0.183 e. The lowest BCUT2D eigenvalue weighted by atomic mass is 10.0. The summed E-state index contributed by atoms with van der Waals surface area (Å²) in [5, 5.41) is 2.74. The maximum atomic E-state index is 13.3. The summed E-state index contributed by atoms with van der Waals surface area (Å²) in [5.74, 6) is -0.385. The molecule has 0 saturated heterocycles. The van der Waals surface area contributed by atoms with Gasteiger partial charge in [0.15, 0.2) is 9.84 Å². The Kier molecular flexibility index (Phi) is 3.73. The zero-order valence-electron chi connectivity index (χ0n) is 10.6. The van der Waals surface area contributed by atoms with Gasteiger partial charge in [-0.2, -0.15) is 0 Å². The average molecular weight is 271 g/mol. The van der Waals surface area contributed by atoms with Gasteiger partial charge in [-0.3, -0.25) is 0 Å². The van der Waals surface area contributed by atoms with Gasteiger partial charge in [-0.15, -0.1) is 0 Å². The predicted molar refractivity (Wildman–Crippen MR) is 68.7 cm³/mol. The quantitative estimate of drug-likeness (QED) is 0.856. The zero-order chi connectivity index (χ0) is 13.3. The summed E-state index contributed by atoms with van der Waals surface area (Å²) in [7, 11) is -3.32. The summed E-state index contributed by atoms with van der Waals surface area (Å²) in [6.45, 7) is 4.60. The van der Waals surface area contributed by atoms with E-state index in [2.05, 4.69) is 5.32 Å². The van der Waals surface area contributed by atoms with Crippen molar-refractivity contribution >= 4 is 9.84 Å². The van der Waals surface area contributed by atoms with Crippen molar-refractivity contribution in [2.24, 2.45) is 0 Å². The van der Waals surface area contributed by atoms with Crippen molar-refractivity contribution in [3.05, 3.63) is 29.6 Å². The van der Waals surface area contributed by atoms with Gasteiger partial charge in [0.2, 0.25) is 0 Å². The summed E-state index contributed by atoms with van der Waals surface area (Å²) < 4.78 is 38.0.